The summed E-state index contributed by atoms with van der Waals surface area (Å²) in [5.41, 5.74) is 7.48. The van der Waals surface area contributed by atoms with Gasteiger partial charge in [-0.3, -0.25) is 4.68 Å². The molecular formula is C12H15N5O2. The Bertz CT molecular complexity index is 594. The summed E-state index contributed by atoms with van der Waals surface area (Å²) in [7, 11) is 3.17. The topological polar surface area (TPSA) is 95.1 Å². The molecule has 0 amide bonds. The molecule has 2 aromatic rings. The van der Waals surface area contributed by atoms with Crippen molar-refractivity contribution in [1.82, 2.24) is 14.8 Å². The second-order valence-electron chi connectivity index (χ2n) is 3.95. The molecule has 0 aliphatic rings. The van der Waals surface area contributed by atoms with Gasteiger partial charge >= 0.3 is 5.97 Å². The molecule has 3 N–H and O–H groups in total. The van der Waals surface area contributed by atoms with Gasteiger partial charge in [-0.05, 0) is 12.1 Å². The number of anilines is 2. The minimum atomic E-state index is -0.457. The Morgan fingerprint density at radius 3 is 3.00 bits per heavy atom. The standard InChI is InChI=1S/C12H15N5O2/c1-17-8(3-4-16-17)6-14-10-7-15-11(13)5-9(10)12(18)19-2/h3-5,7,14H,6H2,1-2H3,(H2,13,15). The number of aromatic nitrogens is 3. The Hall–Kier alpha value is -2.57. The predicted molar refractivity (Wildman–Crippen MR) is 70.5 cm³/mol. The van der Waals surface area contributed by atoms with Crippen molar-refractivity contribution in [2.75, 3.05) is 18.2 Å². The van der Waals surface area contributed by atoms with Crippen LogP contribution < -0.4 is 11.1 Å². The fraction of sp³-hybridized carbons (Fsp3) is 0.250. The normalized spacial score (nSPS) is 10.2. The highest BCUT2D eigenvalue weighted by molar-refractivity contribution is 5.96. The van der Waals surface area contributed by atoms with Crippen LogP contribution in [-0.2, 0) is 18.3 Å². The molecule has 0 radical (unpaired) electrons. The van der Waals surface area contributed by atoms with Crippen LogP contribution in [0.1, 0.15) is 16.1 Å². The molecule has 0 atom stereocenters. The predicted octanol–water partition coefficient (Wildman–Crippen LogP) is 0.796. The van der Waals surface area contributed by atoms with E-state index < -0.39 is 5.97 Å². The first-order chi connectivity index (χ1) is 9.11. The van der Waals surface area contributed by atoms with E-state index in [-0.39, 0.29) is 5.82 Å². The molecule has 2 aromatic heterocycles. The average Bonchev–Trinajstić information content (AvgIpc) is 2.82. The first-order valence-corrected chi connectivity index (χ1v) is 5.66. The molecule has 0 aromatic carbocycles. The van der Waals surface area contributed by atoms with Gasteiger partial charge in [-0.15, -0.1) is 0 Å². The lowest BCUT2D eigenvalue weighted by atomic mass is 10.2. The molecule has 0 aliphatic heterocycles. The molecule has 0 spiro atoms. The molecule has 7 nitrogen and oxygen atoms in total. The minimum absolute atomic E-state index is 0.270. The van der Waals surface area contributed by atoms with Crippen LogP contribution in [-0.4, -0.2) is 27.8 Å². The van der Waals surface area contributed by atoms with Gasteiger partial charge in [0.15, 0.2) is 0 Å². The molecule has 0 saturated heterocycles. The Balaban J connectivity index is 2.20. The lowest BCUT2D eigenvalue weighted by Gasteiger charge is -2.11. The van der Waals surface area contributed by atoms with Gasteiger partial charge < -0.3 is 15.8 Å². The number of nitrogens with one attached hydrogen (secondary N) is 1. The average molecular weight is 261 g/mol. The third-order valence-corrected chi connectivity index (χ3v) is 2.71. The maximum Gasteiger partial charge on any atom is 0.340 e. The van der Waals surface area contributed by atoms with Crippen molar-refractivity contribution < 1.29 is 9.53 Å². The molecule has 2 heterocycles. The molecule has 0 fully saturated rings. The van der Waals surface area contributed by atoms with E-state index in [9.17, 15) is 4.79 Å². The third-order valence-electron chi connectivity index (χ3n) is 2.71. The number of carbonyl (C=O) groups excluding carboxylic acids is 1. The quantitative estimate of drug-likeness (QED) is 0.790. The molecule has 100 valence electrons. The smallest absolute Gasteiger partial charge is 0.340 e. The number of methoxy groups -OCH3 is 1. The van der Waals surface area contributed by atoms with Crippen LogP contribution in [0.5, 0.6) is 0 Å². The lowest BCUT2D eigenvalue weighted by molar-refractivity contribution is 0.0601. The van der Waals surface area contributed by atoms with E-state index in [4.69, 9.17) is 10.5 Å². The monoisotopic (exact) mass is 261 g/mol. The van der Waals surface area contributed by atoms with Crippen LogP contribution in [0.15, 0.2) is 24.5 Å². The number of nitrogens with two attached hydrogens (primary N) is 1. The lowest BCUT2D eigenvalue weighted by Crippen LogP contribution is -2.11. The number of aryl methyl sites for hydroxylation is 1. The van der Waals surface area contributed by atoms with Gasteiger partial charge in [0.2, 0.25) is 0 Å². The second-order valence-corrected chi connectivity index (χ2v) is 3.95. The number of rotatable bonds is 4. The first-order valence-electron chi connectivity index (χ1n) is 5.66. The van der Waals surface area contributed by atoms with Gasteiger partial charge in [-0.2, -0.15) is 5.10 Å². The Morgan fingerprint density at radius 1 is 1.58 bits per heavy atom. The molecule has 0 aliphatic carbocycles. The molecule has 7 heteroatoms. The second kappa shape index (κ2) is 5.38. The first kappa shape index (κ1) is 12.9. The summed E-state index contributed by atoms with van der Waals surface area (Å²) in [6.07, 6.45) is 3.22. The van der Waals surface area contributed by atoms with Gasteiger partial charge in [-0.1, -0.05) is 0 Å². The van der Waals surface area contributed by atoms with E-state index in [1.165, 1.54) is 19.4 Å². The van der Waals surface area contributed by atoms with Crippen LogP contribution in [0.3, 0.4) is 0 Å². The molecule has 0 saturated carbocycles. The van der Waals surface area contributed by atoms with Gasteiger partial charge in [0.05, 0.1) is 36.8 Å². The van der Waals surface area contributed by atoms with Gasteiger partial charge in [0, 0.05) is 13.2 Å². The van der Waals surface area contributed by atoms with Crippen LogP contribution >= 0.6 is 0 Å². The summed E-state index contributed by atoms with van der Waals surface area (Å²) in [4.78, 5) is 15.6. The summed E-state index contributed by atoms with van der Waals surface area (Å²) >= 11 is 0. The highest BCUT2D eigenvalue weighted by atomic mass is 16.5. The number of esters is 1. The van der Waals surface area contributed by atoms with Crippen molar-refractivity contribution in [3.63, 3.8) is 0 Å². The number of ether oxygens (including phenoxy) is 1. The Morgan fingerprint density at radius 2 is 2.37 bits per heavy atom. The van der Waals surface area contributed by atoms with Crippen molar-refractivity contribution in [3.05, 3.63) is 35.8 Å². The molecular weight excluding hydrogens is 246 g/mol. The summed E-state index contributed by atoms with van der Waals surface area (Å²) in [6, 6.07) is 3.37. The molecule has 2 rings (SSSR count). The third kappa shape index (κ3) is 2.82. The zero-order valence-electron chi connectivity index (χ0n) is 10.8. The number of hydrogen-bond donors (Lipinski definition) is 2. The van der Waals surface area contributed by atoms with Gasteiger partial charge in [-0.25, -0.2) is 9.78 Å². The Kier molecular flexibility index (Phi) is 3.65. The number of carbonyl (C=O) groups is 1. The largest absolute Gasteiger partial charge is 0.465 e. The van der Waals surface area contributed by atoms with E-state index in [1.807, 2.05) is 13.1 Å². The fourth-order valence-electron chi connectivity index (χ4n) is 1.65. The van der Waals surface area contributed by atoms with Crippen LogP contribution in [0, 0.1) is 0 Å². The maximum atomic E-state index is 11.7. The number of nitrogens with zero attached hydrogens (tertiary/aromatic N) is 3. The van der Waals surface area contributed by atoms with E-state index >= 15 is 0 Å². The Labute approximate surface area is 110 Å². The summed E-state index contributed by atoms with van der Waals surface area (Å²) in [6.45, 7) is 0.520. The molecule has 0 bridgehead atoms. The summed E-state index contributed by atoms with van der Waals surface area (Å²) in [5.74, 6) is -0.187. The maximum absolute atomic E-state index is 11.7. The van der Waals surface area contributed by atoms with E-state index in [0.29, 0.717) is 17.8 Å². The SMILES string of the molecule is COC(=O)c1cc(N)ncc1NCc1ccnn1C. The molecule has 0 unspecified atom stereocenters. The zero-order valence-corrected chi connectivity index (χ0v) is 10.8. The van der Waals surface area contributed by atoms with Crippen LogP contribution in [0.25, 0.3) is 0 Å². The number of nitrogen functional groups attached to an aromatic ring is 1. The van der Waals surface area contributed by atoms with E-state index in [1.54, 1.807) is 10.9 Å². The highest BCUT2D eigenvalue weighted by Crippen LogP contribution is 2.18. The molecule has 19 heavy (non-hydrogen) atoms. The van der Waals surface area contributed by atoms with Crippen molar-refractivity contribution >= 4 is 17.5 Å². The van der Waals surface area contributed by atoms with Crippen molar-refractivity contribution in [1.29, 1.82) is 0 Å². The van der Waals surface area contributed by atoms with Crippen LogP contribution in [0.2, 0.25) is 0 Å². The number of pyridine rings is 1. The van der Waals surface area contributed by atoms with Gasteiger partial charge in [0.1, 0.15) is 5.82 Å². The zero-order chi connectivity index (χ0) is 13.8. The number of hydrogen-bond acceptors (Lipinski definition) is 6. The van der Waals surface area contributed by atoms with Crippen molar-refractivity contribution in [2.24, 2.45) is 7.05 Å². The van der Waals surface area contributed by atoms with E-state index in [2.05, 4.69) is 15.4 Å². The fourth-order valence-corrected chi connectivity index (χ4v) is 1.65. The highest BCUT2D eigenvalue weighted by Gasteiger charge is 2.13. The summed E-state index contributed by atoms with van der Waals surface area (Å²) < 4.78 is 6.46. The van der Waals surface area contributed by atoms with Crippen molar-refractivity contribution in [2.45, 2.75) is 6.54 Å². The van der Waals surface area contributed by atoms with Crippen molar-refractivity contribution in [3.8, 4) is 0 Å². The van der Waals surface area contributed by atoms with Gasteiger partial charge in [0.25, 0.3) is 0 Å². The minimum Gasteiger partial charge on any atom is -0.465 e. The van der Waals surface area contributed by atoms with Crippen LogP contribution in [0.4, 0.5) is 11.5 Å². The summed E-state index contributed by atoms with van der Waals surface area (Å²) in [5, 5.41) is 7.19. The van der Waals surface area contributed by atoms with E-state index in [0.717, 1.165) is 5.69 Å².